The molecule has 0 amide bonds. The Balaban J connectivity index is 2.18. The van der Waals surface area contributed by atoms with Crippen LogP contribution in [0.2, 0.25) is 0 Å². The Hall–Kier alpha value is -0.860. The van der Waals surface area contributed by atoms with Gasteiger partial charge >= 0.3 is 0 Å². The zero-order chi connectivity index (χ0) is 13.8. The molecule has 1 heterocycles. The molecule has 0 radical (unpaired) electrons. The summed E-state index contributed by atoms with van der Waals surface area (Å²) in [6.45, 7) is 8.76. The van der Waals surface area contributed by atoms with Crippen LogP contribution in [0.4, 0.5) is 0 Å². The van der Waals surface area contributed by atoms with Gasteiger partial charge in [-0.1, -0.05) is 43.7 Å². The molecule has 0 bridgehead atoms. The first-order valence-electron chi connectivity index (χ1n) is 7.68. The number of hydrogen-bond donors (Lipinski definition) is 1. The maximum absolute atomic E-state index is 6.01. The molecule has 3 atom stereocenters. The van der Waals surface area contributed by atoms with E-state index in [1.54, 1.807) is 0 Å². The highest BCUT2D eigenvalue weighted by molar-refractivity contribution is 5.24. The minimum absolute atomic E-state index is 0.529. The second kappa shape index (κ2) is 6.53. The molecule has 0 spiro atoms. The summed E-state index contributed by atoms with van der Waals surface area (Å²) in [5.41, 5.74) is 8.79. The van der Waals surface area contributed by atoms with Crippen LogP contribution in [-0.2, 0) is 0 Å². The van der Waals surface area contributed by atoms with Gasteiger partial charge < -0.3 is 5.73 Å². The van der Waals surface area contributed by atoms with Crippen molar-refractivity contribution in [2.75, 3.05) is 13.1 Å². The largest absolute Gasteiger partial charge is 0.329 e. The second-order valence-electron chi connectivity index (χ2n) is 6.09. The first-order valence-corrected chi connectivity index (χ1v) is 7.68. The fourth-order valence-corrected chi connectivity index (χ4v) is 3.36. The van der Waals surface area contributed by atoms with E-state index in [0.717, 1.165) is 18.9 Å². The Morgan fingerprint density at radius 3 is 2.58 bits per heavy atom. The van der Waals surface area contributed by atoms with Crippen molar-refractivity contribution in [3.05, 3.63) is 35.4 Å². The first-order chi connectivity index (χ1) is 9.15. The van der Waals surface area contributed by atoms with E-state index < -0.39 is 0 Å². The highest BCUT2D eigenvalue weighted by Gasteiger charge is 2.30. The molecule has 3 unspecified atom stereocenters. The molecule has 0 aliphatic carbocycles. The van der Waals surface area contributed by atoms with Crippen molar-refractivity contribution < 1.29 is 0 Å². The van der Waals surface area contributed by atoms with Gasteiger partial charge in [-0.25, -0.2) is 0 Å². The second-order valence-corrected chi connectivity index (χ2v) is 6.09. The van der Waals surface area contributed by atoms with E-state index in [-0.39, 0.29) is 0 Å². The zero-order valence-corrected chi connectivity index (χ0v) is 12.6. The van der Waals surface area contributed by atoms with Crippen LogP contribution < -0.4 is 5.73 Å². The Morgan fingerprint density at radius 2 is 2.00 bits per heavy atom. The van der Waals surface area contributed by atoms with E-state index in [9.17, 15) is 0 Å². The van der Waals surface area contributed by atoms with Crippen LogP contribution >= 0.6 is 0 Å². The minimum atomic E-state index is 0.529. The maximum atomic E-state index is 6.01. The zero-order valence-electron chi connectivity index (χ0n) is 12.6. The summed E-state index contributed by atoms with van der Waals surface area (Å²) in [5.74, 6) is 0.820. The highest BCUT2D eigenvalue weighted by Crippen LogP contribution is 2.32. The molecule has 106 valence electrons. The van der Waals surface area contributed by atoms with Gasteiger partial charge in [-0.2, -0.15) is 0 Å². The summed E-state index contributed by atoms with van der Waals surface area (Å²) < 4.78 is 0. The van der Waals surface area contributed by atoms with E-state index in [0.29, 0.717) is 12.1 Å². The minimum Gasteiger partial charge on any atom is -0.329 e. The van der Waals surface area contributed by atoms with Crippen LogP contribution in [-0.4, -0.2) is 24.0 Å². The standard InChI is InChI=1S/C17H28N2/c1-4-17(15-7-5-13(2)6-8-15)19-10-9-14(3)11-16(19)12-18/h5-8,14,16-17H,4,9-12,18H2,1-3H3. The number of nitrogens with two attached hydrogens (primary N) is 1. The predicted octanol–water partition coefficient (Wildman–Crippen LogP) is 3.51. The number of nitrogens with zero attached hydrogens (tertiary/aromatic N) is 1. The fourth-order valence-electron chi connectivity index (χ4n) is 3.36. The molecule has 2 heteroatoms. The summed E-state index contributed by atoms with van der Waals surface area (Å²) in [5, 5.41) is 0. The lowest BCUT2D eigenvalue weighted by molar-refractivity contribution is 0.0733. The van der Waals surface area contributed by atoms with Gasteiger partial charge in [0.25, 0.3) is 0 Å². The molecule has 1 aromatic carbocycles. The van der Waals surface area contributed by atoms with Crippen molar-refractivity contribution in [2.45, 2.75) is 52.1 Å². The van der Waals surface area contributed by atoms with E-state index in [1.807, 2.05) is 0 Å². The normalized spacial score (nSPS) is 26.3. The van der Waals surface area contributed by atoms with Crippen molar-refractivity contribution in [3.8, 4) is 0 Å². The summed E-state index contributed by atoms with van der Waals surface area (Å²) in [6.07, 6.45) is 3.71. The Morgan fingerprint density at radius 1 is 1.32 bits per heavy atom. The van der Waals surface area contributed by atoms with Crippen LogP contribution in [0.3, 0.4) is 0 Å². The van der Waals surface area contributed by atoms with Crippen LogP contribution in [0, 0.1) is 12.8 Å². The number of likely N-dealkylation sites (tertiary alicyclic amines) is 1. The molecule has 1 saturated heterocycles. The van der Waals surface area contributed by atoms with Crippen molar-refractivity contribution >= 4 is 0 Å². The molecule has 1 aliphatic rings. The van der Waals surface area contributed by atoms with Gasteiger partial charge in [-0.15, -0.1) is 0 Å². The van der Waals surface area contributed by atoms with E-state index in [1.165, 1.54) is 30.5 Å². The van der Waals surface area contributed by atoms with Crippen molar-refractivity contribution in [1.29, 1.82) is 0 Å². The summed E-state index contributed by atoms with van der Waals surface area (Å²) in [7, 11) is 0. The molecule has 1 aromatic rings. The van der Waals surface area contributed by atoms with Gasteiger partial charge in [-0.3, -0.25) is 4.90 Å². The summed E-state index contributed by atoms with van der Waals surface area (Å²) in [6, 6.07) is 10.1. The monoisotopic (exact) mass is 260 g/mol. The SMILES string of the molecule is CCC(c1ccc(C)cc1)N1CCC(C)CC1CN. The fraction of sp³-hybridized carbons (Fsp3) is 0.647. The van der Waals surface area contributed by atoms with E-state index in [2.05, 4.69) is 49.9 Å². The molecule has 19 heavy (non-hydrogen) atoms. The van der Waals surface area contributed by atoms with Gasteiger partial charge in [0.15, 0.2) is 0 Å². The Bertz CT molecular complexity index is 385. The third-order valence-corrected chi connectivity index (χ3v) is 4.54. The van der Waals surface area contributed by atoms with Crippen molar-refractivity contribution in [1.82, 2.24) is 4.90 Å². The van der Waals surface area contributed by atoms with Gasteiger partial charge in [0.1, 0.15) is 0 Å². The smallest absolute Gasteiger partial charge is 0.0348 e. The van der Waals surface area contributed by atoms with Crippen LogP contribution in [0.25, 0.3) is 0 Å². The average molecular weight is 260 g/mol. The van der Waals surface area contributed by atoms with Crippen molar-refractivity contribution in [2.24, 2.45) is 11.7 Å². The number of piperidine rings is 1. The van der Waals surface area contributed by atoms with E-state index >= 15 is 0 Å². The third kappa shape index (κ3) is 3.37. The van der Waals surface area contributed by atoms with Crippen LogP contribution in [0.5, 0.6) is 0 Å². The lowest BCUT2D eigenvalue weighted by Gasteiger charge is -2.43. The molecule has 0 saturated carbocycles. The lowest BCUT2D eigenvalue weighted by atomic mass is 9.89. The van der Waals surface area contributed by atoms with Gasteiger partial charge in [0.05, 0.1) is 0 Å². The molecule has 2 N–H and O–H groups in total. The number of hydrogen-bond acceptors (Lipinski definition) is 2. The van der Waals surface area contributed by atoms with Gasteiger partial charge in [0.2, 0.25) is 0 Å². The number of rotatable bonds is 4. The predicted molar refractivity (Wildman–Crippen MR) is 82.2 cm³/mol. The molecule has 2 rings (SSSR count). The average Bonchev–Trinajstić information content (AvgIpc) is 2.43. The van der Waals surface area contributed by atoms with Gasteiger partial charge in [-0.05, 0) is 44.2 Å². The quantitative estimate of drug-likeness (QED) is 0.897. The highest BCUT2D eigenvalue weighted by atomic mass is 15.2. The third-order valence-electron chi connectivity index (χ3n) is 4.54. The Kier molecular flexibility index (Phi) is 5.00. The van der Waals surface area contributed by atoms with Crippen LogP contribution in [0.1, 0.15) is 50.3 Å². The number of benzene rings is 1. The number of aryl methyl sites for hydroxylation is 1. The first kappa shape index (κ1) is 14.5. The van der Waals surface area contributed by atoms with Gasteiger partial charge in [0, 0.05) is 18.6 Å². The lowest BCUT2D eigenvalue weighted by Crippen LogP contribution is -2.47. The summed E-state index contributed by atoms with van der Waals surface area (Å²) >= 11 is 0. The molecular weight excluding hydrogens is 232 g/mol. The van der Waals surface area contributed by atoms with Crippen molar-refractivity contribution in [3.63, 3.8) is 0 Å². The van der Waals surface area contributed by atoms with E-state index in [4.69, 9.17) is 5.73 Å². The topological polar surface area (TPSA) is 29.3 Å². The molecule has 2 nitrogen and oxygen atoms in total. The Labute approximate surface area is 118 Å². The molecule has 1 aliphatic heterocycles. The molecular formula is C17H28N2. The molecule has 1 fully saturated rings. The van der Waals surface area contributed by atoms with Crippen LogP contribution in [0.15, 0.2) is 24.3 Å². The summed E-state index contributed by atoms with van der Waals surface area (Å²) in [4.78, 5) is 2.64. The maximum Gasteiger partial charge on any atom is 0.0348 e. The molecule has 0 aromatic heterocycles.